The normalized spacial score (nSPS) is 36.4. The van der Waals surface area contributed by atoms with Crippen LogP contribution in [0.2, 0.25) is 0 Å². The Kier molecular flexibility index (Phi) is 4.00. The van der Waals surface area contributed by atoms with Crippen LogP contribution in [0.4, 0.5) is 0 Å². The molecule has 0 aromatic carbocycles. The summed E-state index contributed by atoms with van der Waals surface area (Å²) < 4.78 is 5.51. The molecule has 2 rings (SSSR count). The van der Waals surface area contributed by atoms with Crippen molar-refractivity contribution in [3.05, 3.63) is 0 Å². The Morgan fingerprint density at radius 1 is 1.27 bits per heavy atom. The summed E-state index contributed by atoms with van der Waals surface area (Å²) in [6.07, 6.45) is 5.04. The molecule has 15 heavy (non-hydrogen) atoms. The lowest BCUT2D eigenvalue weighted by Gasteiger charge is -2.26. The molecule has 3 heteroatoms. The van der Waals surface area contributed by atoms with Crippen LogP contribution in [0.1, 0.15) is 32.6 Å². The number of rotatable bonds is 2. The molecular formula is C12H24N2O. The fourth-order valence-electron chi connectivity index (χ4n) is 2.83. The molecule has 2 aliphatic heterocycles. The first-order chi connectivity index (χ1) is 7.27. The highest BCUT2D eigenvalue weighted by Crippen LogP contribution is 2.25. The molecule has 0 bridgehead atoms. The third-order valence-electron chi connectivity index (χ3n) is 3.94. The second-order valence-electron chi connectivity index (χ2n) is 5.10. The molecule has 2 heterocycles. The highest BCUT2D eigenvalue weighted by molar-refractivity contribution is 4.85. The monoisotopic (exact) mass is 212 g/mol. The molecule has 0 aliphatic carbocycles. The van der Waals surface area contributed by atoms with E-state index in [-0.39, 0.29) is 0 Å². The van der Waals surface area contributed by atoms with Gasteiger partial charge in [-0.1, -0.05) is 0 Å². The second kappa shape index (κ2) is 5.28. The van der Waals surface area contributed by atoms with Crippen LogP contribution >= 0.6 is 0 Å². The number of hydrogen-bond acceptors (Lipinski definition) is 3. The van der Waals surface area contributed by atoms with Crippen molar-refractivity contribution in [2.45, 2.75) is 44.7 Å². The van der Waals surface area contributed by atoms with E-state index in [4.69, 9.17) is 10.5 Å². The van der Waals surface area contributed by atoms with Gasteiger partial charge in [0.25, 0.3) is 0 Å². The maximum atomic E-state index is 5.97. The van der Waals surface area contributed by atoms with E-state index in [9.17, 15) is 0 Å². The molecule has 0 aromatic heterocycles. The molecule has 2 saturated heterocycles. The van der Waals surface area contributed by atoms with E-state index >= 15 is 0 Å². The summed E-state index contributed by atoms with van der Waals surface area (Å²) in [6.45, 7) is 6.51. The van der Waals surface area contributed by atoms with Crippen LogP contribution in [-0.2, 0) is 4.74 Å². The fourth-order valence-corrected chi connectivity index (χ4v) is 2.83. The van der Waals surface area contributed by atoms with Crippen LogP contribution in [0.25, 0.3) is 0 Å². The lowest BCUT2D eigenvalue weighted by atomic mass is 10.0. The van der Waals surface area contributed by atoms with Crippen molar-refractivity contribution in [3.63, 3.8) is 0 Å². The molecule has 2 aliphatic rings. The summed E-state index contributed by atoms with van der Waals surface area (Å²) in [6, 6.07) is 1.12. The van der Waals surface area contributed by atoms with Crippen molar-refractivity contribution in [3.8, 4) is 0 Å². The third-order valence-corrected chi connectivity index (χ3v) is 3.94. The number of nitrogens with zero attached hydrogens (tertiary/aromatic N) is 1. The van der Waals surface area contributed by atoms with E-state index in [1.165, 1.54) is 38.8 Å². The smallest absolute Gasteiger partial charge is 0.0480 e. The average Bonchev–Trinajstić information content (AvgIpc) is 2.55. The molecule has 88 valence electrons. The van der Waals surface area contributed by atoms with Crippen LogP contribution in [0, 0.1) is 5.92 Å². The number of hydrogen-bond donors (Lipinski definition) is 1. The van der Waals surface area contributed by atoms with Crippen LogP contribution < -0.4 is 5.73 Å². The van der Waals surface area contributed by atoms with Crippen LogP contribution in [-0.4, -0.2) is 43.3 Å². The van der Waals surface area contributed by atoms with Gasteiger partial charge in [-0.25, -0.2) is 0 Å². The standard InChI is InChI=1S/C12H24N2O/c1-10(13)11-4-6-14(9-11)12-3-2-7-15-8-5-12/h10-12H,2-9,13H2,1H3. The van der Waals surface area contributed by atoms with Crippen LogP contribution in [0.5, 0.6) is 0 Å². The Balaban J connectivity index is 1.83. The van der Waals surface area contributed by atoms with Gasteiger partial charge in [-0.2, -0.15) is 0 Å². The van der Waals surface area contributed by atoms with Gasteiger partial charge < -0.3 is 10.5 Å². The van der Waals surface area contributed by atoms with Crippen molar-refractivity contribution < 1.29 is 4.74 Å². The van der Waals surface area contributed by atoms with Crippen molar-refractivity contribution in [1.82, 2.24) is 4.90 Å². The summed E-state index contributed by atoms with van der Waals surface area (Å²) in [5.41, 5.74) is 5.97. The van der Waals surface area contributed by atoms with E-state index in [1.54, 1.807) is 0 Å². The van der Waals surface area contributed by atoms with Gasteiger partial charge in [-0.3, -0.25) is 4.90 Å². The molecule has 3 unspecified atom stereocenters. The number of nitrogens with two attached hydrogens (primary N) is 1. The molecule has 0 saturated carbocycles. The summed E-state index contributed by atoms with van der Waals surface area (Å²) in [5.74, 6) is 0.717. The van der Waals surface area contributed by atoms with E-state index in [2.05, 4.69) is 11.8 Å². The zero-order chi connectivity index (χ0) is 10.7. The minimum Gasteiger partial charge on any atom is -0.381 e. The Morgan fingerprint density at radius 2 is 2.13 bits per heavy atom. The molecule has 0 aromatic rings. The highest BCUT2D eigenvalue weighted by Gasteiger charge is 2.30. The fraction of sp³-hybridized carbons (Fsp3) is 1.00. The lowest BCUT2D eigenvalue weighted by Crippen LogP contribution is -2.36. The molecule has 2 fully saturated rings. The second-order valence-corrected chi connectivity index (χ2v) is 5.10. The average molecular weight is 212 g/mol. The van der Waals surface area contributed by atoms with E-state index in [1.807, 2.05) is 0 Å². The predicted octanol–water partition coefficient (Wildman–Crippen LogP) is 1.22. The molecule has 0 amide bonds. The van der Waals surface area contributed by atoms with Crippen molar-refractivity contribution >= 4 is 0 Å². The van der Waals surface area contributed by atoms with Gasteiger partial charge in [0.05, 0.1) is 0 Å². The number of ether oxygens (including phenoxy) is 1. The Hall–Kier alpha value is -0.120. The van der Waals surface area contributed by atoms with Crippen molar-refractivity contribution in [1.29, 1.82) is 0 Å². The zero-order valence-electron chi connectivity index (χ0n) is 9.82. The van der Waals surface area contributed by atoms with Gasteiger partial charge in [-0.05, 0) is 45.1 Å². The van der Waals surface area contributed by atoms with Gasteiger partial charge in [0.15, 0.2) is 0 Å². The number of likely N-dealkylation sites (tertiary alicyclic amines) is 1. The molecule has 3 atom stereocenters. The van der Waals surface area contributed by atoms with Crippen molar-refractivity contribution in [2.75, 3.05) is 26.3 Å². The predicted molar refractivity (Wildman–Crippen MR) is 61.8 cm³/mol. The molecule has 2 N–H and O–H groups in total. The Bertz CT molecular complexity index is 188. The lowest BCUT2D eigenvalue weighted by molar-refractivity contribution is 0.134. The summed E-state index contributed by atoms with van der Waals surface area (Å²) in [7, 11) is 0. The first-order valence-corrected chi connectivity index (χ1v) is 6.35. The van der Waals surface area contributed by atoms with Gasteiger partial charge >= 0.3 is 0 Å². The highest BCUT2D eigenvalue weighted by atomic mass is 16.5. The van der Waals surface area contributed by atoms with Crippen LogP contribution in [0.15, 0.2) is 0 Å². The minimum atomic E-state index is 0.358. The first kappa shape index (κ1) is 11.4. The summed E-state index contributed by atoms with van der Waals surface area (Å²) >= 11 is 0. The zero-order valence-corrected chi connectivity index (χ0v) is 9.82. The van der Waals surface area contributed by atoms with E-state index in [0.29, 0.717) is 12.0 Å². The topological polar surface area (TPSA) is 38.5 Å². The van der Waals surface area contributed by atoms with Crippen molar-refractivity contribution in [2.24, 2.45) is 11.7 Å². The van der Waals surface area contributed by atoms with Crippen LogP contribution in [0.3, 0.4) is 0 Å². The summed E-state index contributed by atoms with van der Waals surface area (Å²) in [4.78, 5) is 2.64. The Labute approximate surface area is 93.0 Å². The third kappa shape index (κ3) is 2.92. The van der Waals surface area contributed by atoms with Gasteiger partial charge in [-0.15, -0.1) is 0 Å². The first-order valence-electron chi connectivity index (χ1n) is 6.35. The maximum absolute atomic E-state index is 5.97. The van der Waals surface area contributed by atoms with E-state index < -0.39 is 0 Å². The van der Waals surface area contributed by atoms with Gasteiger partial charge in [0, 0.05) is 31.8 Å². The molecule has 3 nitrogen and oxygen atoms in total. The largest absolute Gasteiger partial charge is 0.381 e. The van der Waals surface area contributed by atoms with E-state index in [0.717, 1.165) is 19.3 Å². The maximum Gasteiger partial charge on any atom is 0.0480 e. The minimum absolute atomic E-state index is 0.358. The van der Waals surface area contributed by atoms with Gasteiger partial charge in [0.1, 0.15) is 0 Å². The quantitative estimate of drug-likeness (QED) is 0.748. The van der Waals surface area contributed by atoms with Gasteiger partial charge in [0.2, 0.25) is 0 Å². The Morgan fingerprint density at radius 3 is 2.87 bits per heavy atom. The molecular weight excluding hydrogens is 188 g/mol. The summed E-state index contributed by atoms with van der Waals surface area (Å²) in [5, 5.41) is 0. The molecule has 0 spiro atoms. The SMILES string of the molecule is CC(N)C1CCN(C2CCCOCC2)C1. The molecule has 0 radical (unpaired) electrons.